The number of aryl methyl sites for hydroxylation is 2. The number of aliphatic carboxylic acids is 1. The standard InChI is InChI=1S/C25H32N12O9S3/c1-25(2,22(41)42)46-34-16(13-11-47-24(28)32-13)19(39)33-17-14(37(21(17)40)49(43,44)45)7-30-18(38)15-8-31-20(48-15)12-9-35(3)36(10-12)6-4-5-29-23(26)27/h8-11,14,17H,4-7H2,1-3H3,(H9-,26,27,28,29,30,32,33,38,39,41,42,43,44,45)/p+1/b34-16-/t14-,17+/m1/s1. The van der Waals surface area contributed by atoms with Crippen molar-refractivity contribution in [1.29, 1.82) is 5.41 Å². The molecule has 1 saturated heterocycles. The predicted octanol–water partition coefficient (Wildman–Crippen LogP) is -2.14. The van der Waals surface area contributed by atoms with E-state index in [0.29, 0.717) is 30.1 Å². The summed E-state index contributed by atoms with van der Waals surface area (Å²) in [7, 11) is -3.28. The number of hydrogen-bond donors (Lipinski definition) is 8. The summed E-state index contributed by atoms with van der Waals surface area (Å²) >= 11 is 1.97. The molecular formula is C25H33N12O9S3+. The zero-order valence-corrected chi connectivity index (χ0v) is 28.6. The number of carboxylic acid groups (broad SMARTS) is 1. The number of rotatable bonds is 15. The lowest BCUT2D eigenvalue weighted by molar-refractivity contribution is -0.753. The fourth-order valence-electron chi connectivity index (χ4n) is 4.33. The molecule has 0 spiro atoms. The predicted molar refractivity (Wildman–Crippen MR) is 174 cm³/mol. The fourth-order valence-corrected chi connectivity index (χ4v) is 6.56. The first-order valence-corrected chi connectivity index (χ1v) is 17.2. The van der Waals surface area contributed by atoms with Crippen molar-refractivity contribution in [2.45, 2.75) is 44.5 Å². The molecule has 21 nitrogen and oxygen atoms in total. The van der Waals surface area contributed by atoms with Gasteiger partial charge in [0.2, 0.25) is 11.8 Å². The van der Waals surface area contributed by atoms with Gasteiger partial charge in [0.25, 0.3) is 17.7 Å². The highest BCUT2D eigenvalue weighted by Gasteiger charge is 2.54. The van der Waals surface area contributed by atoms with Crippen molar-refractivity contribution in [2.75, 3.05) is 18.8 Å². The fraction of sp³-hybridized carbons (Fsp3) is 0.400. The first-order valence-electron chi connectivity index (χ1n) is 14.1. The summed E-state index contributed by atoms with van der Waals surface area (Å²) in [6.07, 6.45) is 5.64. The van der Waals surface area contributed by atoms with Gasteiger partial charge < -0.3 is 37.4 Å². The molecule has 24 heteroatoms. The highest BCUT2D eigenvalue weighted by molar-refractivity contribution is 7.84. The number of nitrogens with one attached hydrogen (secondary N) is 4. The number of hydrogen-bond acceptors (Lipinski definition) is 14. The zero-order chi connectivity index (χ0) is 36.3. The van der Waals surface area contributed by atoms with E-state index in [4.69, 9.17) is 21.7 Å². The lowest BCUT2D eigenvalue weighted by Gasteiger charge is -2.44. The molecule has 0 aliphatic carbocycles. The summed E-state index contributed by atoms with van der Waals surface area (Å²) in [5.74, 6) is -4.52. The van der Waals surface area contributed by atoms with Crippen LogP contribution < -0.4 is 32.1 Å². The molecule has 3 aromatic rings. The van der Waals surface area contributed by atoms with Crippen LogP contribution in [-0.4, -0.2) is 103 Å². The Labute approximate surface area is 286 Å². The van der Waals surface area contributed by atoms with Crippen LogP contribution in [0.5, 0.6) is 0 Å². The zero-order valence-electron chi connectivity index (χ0n) is 26.1. The van der Waals surface area contributed by atoms with Gasteiger partial charge in [-0.2, -0.15) is 13.1 Å². The van der Waals surface area contributed by atoms with Crippen molar-refractivity contribution >= 4 is 73.5 Å². The Bertz CT molecular complexity index is 1920. The van der Waals surface area contributed by atoms with Gasteiger partial charge >= 0.3 is 16.3 Å². The lowest BCUT2D eigenvalue weighted by atomic mass is 9.98. The first-order chi connectivity index (χ1) is 22.9. The minimum atomic E-state index is -5.10. The Kier molecular flexibility index (Phi) is 10.8. The molecule has 4 rings (SSSR count). The van der Waals surface area contributed by atoms with Gasteiger partial charge in [0.15, 0.2) is 23.9 Å². The number of thiazole rings is 2. The van der Waals surface area contributed by atoms with Gasteiger partial charge in [-0.1, -0.05) is 5.16 Å². The van der Waals surface area contributed by atoms with Gasteiger partial charge in [0.1, 0.15) is 21.6 Å². The molecule has 2 atom stereocenters. The third-order valence-electron chi connectivity index (χ3n) is 6.91. The van der Waals surface area contributed by atoms with Crippen molar-refractivity contribution < 1.29 is 46.8 Å². The molecule has 4 heterocycles. The maximum Gasteiger partial charge on any atom is 0.362 e. The van der Waals surface area contributed by atoms with Gasteiger partial charge in [-0.05, 0) is 20.3 Å². The smallest absolute Gasteiger partial charge is 0.362 e. The number of carbonyl (C=O) groups excluding carboxylic acids is 3. The molecular weight excluding hydrogens is 709 g/mol. The van der Waals surface area contributed by atoms with Crippen LogP contribution in [0.2, 0.25) is 0 Å². The average molecular weight is 742 g/mol. The van der Waals surface area contributed by atoms with E-state index in [0.717, 1.165) is 22.7 Å². The number of β-lactam (4-membered cyclic amide) rings is 1. The molecule has 49 heavy (non-hydrogen) atoms. The molecule has 1 aliphatic rings. The van der Waals surface area contributed by atoms with E-state index in [1.54, 1.807) is 6.20 Å². The Morgan fingerprint density at radius 1 is 1.29 bits per heavy atom. The molecule has 264 valence electrons. The average Bonchev–Trinajstić information content (AvgIpc) is 3.75. The van der Waals surface area contributed by atoms with E-state index in [9.17, 15) is 37.3 Å². The molecule has 3 aromatic heterocycles. The summed E-state index contributed by atoms with van der Waals surface area (Å²) in [6, 6.07) is -3.04. The summed E-state index contributed by atoms with van der Waals surface area (Å²) < 4.78 is 37.5. The van der Waals surface area contributed by atoms with Crippen LogP contribution in [0.4, 0.5) is 5.13 Å². The van der Waals surface area contributed by atoms with Gasteiger partial charge in [-0.15, -0.1) is 27.4 Å². The maximum atomic E-state index is 13.3. The summed E-state index contributed by atoms with van der Waals surface area (Å²) in [5.41, 5.74) is 9.09. The summed E-state index contributed by atoms with van der Waals surface area (Å²) in [5, 5.41) is 29.6. The number of nitrogens with zero attached hydrogens (tertiary/aromatic N) is 6. The van der Waals surface area contributed by atoms with E-state index in [1.165, 1.54) is 25.4 Å². The third-order valence-corrected chi connectivity index (χ3v) is 9.58. The molecule has 1 fully saturated rings. The van der Waals surface area contributed by atoms with Crippen LogP contribution in [-0.2, 0) is 43.1 Å². The van der Waals surface area contributed by atoms with E-state index in [1.807, 2.05) is 22.6 Å². The number of guanidine groups is 1. The number of nitrogens with two attached hydrogens (primary N) is 2. The molecule has 0 bridgehead atoms. The molecule has 0 saturated carbocycles. The maximum absolute atomic E-state index is 13.3. The number of amides is 3. The molecule has 0 unspecified atom stereocenters. The summed E-state index contributed by atoms with van der Waals surface area (Å²) in [4.78, 5) is 64.0. The van der Waals surface area contributed by atoms with Gasteiger partial charge in [-0.25, -0.2) is 19.1 Å². The van der Waals surface area contributed by atoms with Crippen molar-refractivity contribution in [3.05, 3.63) is 34.5 Å². The van der Waals surface area contributed by atoms with Crippen LogP contribution in [0.15, 0.2) is 29.1 Å². The minimum Gasteiger partial charge on any atom is -0.478 e. The quantitative estimate of drug-likeness (QED) is 0.0157. The minimum absolute atomic E-state index is 0.0298. The number of nitrogen functional groups attached to an aromatic ring is 1. The molecule has 1 aliphatic heterocycles. The lowest BCUT2D eigenvalue weighted by Crippen LogP contribution is -2.74. The Balaban J connectivity index is 1.46. The van der Waals surface area contributed by atoms with Crippen LogP contribution >= 0.6 is 22.7 Å². The Morgan fingerprint density at radius 2 is 2.00 bits per heavy atom. The van der Waals surface area contributed by atoms with E-state index in [-0.39, 0.29) is 26.0 Å². The Hall–Kier alpha value is -5.20. The van der Waals surface area contributed by atoms with Gasteiger partial charge in [-0.3, -0.25) is 24.3 Å². The van der Waals surface area contributed by atoms with Crippen molar-refractivity contribution in [1.82, 2.24) is 34.9 Å². The summed E-state index contributed by atoms with van der Waals surface area (Å²) in [6.45, 7) is 2.92. The van der Waals surface area contributed by atoms with Crippen LogP contribution in [0, 0.1) is 5.41 Å². The number of carboxylic acids is 1. The molecule has 0 radical (unpaired) electrons. The second-order valence-electron chi connectivity index (χ2n) is 10.9. The van der Waals surface area contributed by atoms with E-state index < -0.39 is 63.9 Å². The van der Waals surface area contributed by atoms with Crippen molar-refractivity contribution in [2.24, 2.45) is 17.9 Å². The molecule has 3 amide bonds. The number of aromatic nitrogens is 4. The van der Waals surface area contributed by atoms with Crippen LogP contribution in [0.1, 0.15) is 35.6 Å². The molecule has 10 N–H and O–H groups in total. The normalized spacial score (nSPS) is 16.5. The third kappa shape index (κ3) is 8.64. The SMILES string of the molecule is C[n+]1cc(-c2ncc(C(=O)NC[C@@H]3[C@H](NC(=O)/C(=N\OC(C)(C)C(=O)O)c4csc(N)n4)C(=O)N3S(=O)(=O)O)s2)cn1CCCNC(=N)N. The second kappa shape index (κ2) is 14.5. The molecule has 0 aromatic carbocycles. The highest BCUT2D eigenvalue weighted by atomic mass is 32.2. The van der Waals surface area contributed by atoms with Crippen molar-refractivity contribution in [3.8, 4) is 10.6 Å². The Morgan fingerprint density at radius 3 is 2.61 bits per heavy atom. The topological polar surface area (TPSA) is 314 Å². The number of anilines is 1. The second-order valence-corrected chi connectivity index (χ2v) is 14.1. The highest BCUT2D eigenvalue weighted by Crippen LogP contribution is 2.26. The number of oxime groups is 1. The van der Waals surface area contributed by atoms with Gasteiger partial charge in [0, 0.05) is 18.5 Å². The van der Waals surface area contributed by atoms with Crippen molar-refractivity contribution in [3.63, 3.8) is 0 Å². The van der Waals surface area contributed by atoms with Gasteiger partial charge in [0.05, 0.1) is 30.5 Å². The number of carbonyl (C=O) groups is 4. The largest absolute Gasteiger partial charge is 0.478 e. The van der Waals surface area contributed by atoms with Crippen LogP contribution in [0.25, 0.3) is 10.6 Å². The monoisotopic (exact) mass is 741 g/mol. The van der Waals surface area contributed by atoms with E-state index >= 15 is 0 Å². The first kappa shape index (κ1) is 36.6. The van der Waals surface area contributed by atoms with E-state index in [2.05, 4.69) is 31.1 Å². The van der Waals surface area contributed by atoms with Crippen LogP contribution in [0.3, 0.4) is 0 Å².